The molecular formula is C22H20FN5O. The predicted octanol–water partition coefficient (Wildman–Crippen LogP) is 4.37. The van der Waals surface area contributed by atoms with E-state index in [0.29, 0.717) is 28.3 Å². The second-order valence-corrected chi connectivity index (χ2v) is 6.82. The van der Waals surface area contributed by atoms with E-state index in [1.165, 1.54) is 12.1 Å². The molecule has 4 aromatic rings. The van der Waals surface area contributed by atoms with Crippen LogP contribution >= 0.6 is 0 Å². The van der Waals surface area contributed by atoms with Crippen molar-refractivity contribution < 1.29 is 9.18 Å². The summed E-state index contributed by atoms with van der Waals surface area (Å²) >= 11 is 0. The summed E-state index contributed by atoms with van der Waals surface area (Å²) < 4.78 is 16.7. The van der Waals surface area contributed by atoms with E-state index in [1.54, 1.807) is 34.6 Å². The lowest BCUT2D eigenvalue weighted by Crippen LogP contribution is -2.14. The molecule has 0 aliphatic carbocycles. The molecule has 0 radical (unpaired) electrons. The maximum absolute atomic E-state index is 13.2. The van der Waals surface area contributed by atoms with Crippen LogP contribution in [0.5, 0.6) is 0 Å². The molecule has 0 bridgehead atoms. The Hall–Kier alpha value is -3.74. The fourth-order valence-electron chi connectivity index (χ4n) is 3.35. The van der Waals surface area contributed by atoms with E-state index in [4.69, 9.17) is 0 Å². The van der Waals surface area contributed by atoms with Crippen molar-refractivity contribution in [3.63, 3.8) is 0 Å². The summed E-state index contributed by atoms with van der Waals surface area (Å²) in [4.78, 5) is 13.0. The summed E-state index contributed by atoms with van der Waals surface area (Å²) in [5.74, 6) is -0.566. The van der Waals surface area contributed by atoms with Crippen LogP contribution in [0.2, 0.25) is 0 Å². The molecule has 0 saturated heterocycles. The van der Waals surface area contributed by atoms with Gasteiger partial charge in [-0.3, -0.25) is 4.79 Å². The molecule has 2 heterocycles. The number of rotatable bonds is 4. The topological polar surface area (TPSA) is 64.7 Å². The van der Waals surface area contributed by atoms with Crippen LogP contribution in [-0.4, -0.2) is 25.5 Å². The van der Waals surface area contributed by atoms with Crippen molar-refractivity contribution >= 4 is 11.6 Å². The van der Waals surface area contributed by atoms with Gasteiger partial charge in [-0.25, -0.2) is 13.8 Å². The highest BCUT2D eigenvalue weighted by atomic mass is 19.1. The number of nitrogens with one attached hydrogen (secondary N) is 1. The second-order valence-electron chi connectivity index (χ2n) is 6.82. The van der Waals surface area contributed by atoms with Gasteiger partial charge < -0.3 is 5.32 Å². The zero-order valence-corrected chi connectivity index (χ0v) is 16.3. The van der Waals surface area contributed by atoms with E-state index < -0.39 is 0 Å². The predicted molar refractivity (Wildman–Crippen MR) is 109 cm³/mol. The molecule has 2 aromatic carbocycles. The van der Waals surface area contributed by atoms with Gasteiger partial charge in [0.15, 0.2) is 0 Å². The van der Waals surface area contributed by atoms with Gasteiger partial charge in [-0.2, -0.15) is 10.2 Å². The molecule has 0 atom stereocenters. The van der Waals surface area contributed by atoms with Gasteiger partial charge in [0.05, 0.1) is 28.3 Å². The highest BCUT2D eigenvalue weighted by Gasteiger charge is 2.20. The third-order valence-electron chi connectivity index (χ3n) is 4.77. The standard InChI is InChI=1S/C22H20FN5O/c1-14-11-12-24-27(14)20-6-4-5-18(13-20)25-22(29)21-15(2)26-28(16(21)3)19-9-7-17(23)8-10-19/h4-13H,1-3H3,(H,25,29). The van der Waals surface area contributed by atoms with Crippen molar-refractivity contribution in [1.82, 2.24) is 19.6 Å². The maximum atomic E-state index is 13.2. The summed E-state index contributed by atoms with van der Waals surface area (Å²) in [6.45, 7) is 5.57. The largest absolute Gasteiger partial charge is 0.322 e. The molecule has 29 heavy (non-hydrogen) atoms. The fourth-order valence-corrected chi connectivity index (χ4v) is 3.35. The normalized spacial score (nSPS) is 10.9. The molecule has 0 spiro atoms. The Morgan fingerprint density at radius 2 is 1.72 bits per heavy atom. The number of hydrogen-bond acceptors (Lipinski definition) is 3. The average molecular weight is 389 g/mol. The first-order chi connectivity index (χ1) is 13.9. The second kappa shape index (κ2) is 7.35. The Bertz CT molecular complexity index is 1190. The number of amides is 1. The molecule has 6 nitrogen and oxygen atoms in total. The average Bonchev–Trinajstić information content (AvgIpc) is 3.25. The van der Waals surface area contributed by atoms with E-state index in [0.717, 1.165) is 11.4 Å². The summed E-state index contributed by atoms with van der Waals surface area (Å²) in [7, 11) is 0. The van der Waals surface area contributed by atoms with Crippen molar-refractivity contribution in [2.45, 2.75) is 20.8 Å². The first kappa shape index (κ1) is 18.6. The van der Waals surface area contributed by atoms with Gasteiger partial charge in [0, 0.05) is 17.6 Å². The molecule has 2 aromatic heterocycles. The minimum atomic E-state index is -0.319. The van der Waals surface area contributed by atoms with E-state index >= 15 is 0 Å². The third-order valence-corrected chi connectivity index (χ3v) is 4.77. The van der Waals surface area contributed by atoms with Gasteiger partial charge >= 0.3 is 0 Å². The third kappa shape index (κ3) is 3.54. The fraction of sp³-hybridized carbons (Fsp3) is 0.136. The zero-order valence-electron chi connectivity index (χ0n) is 16.3. The Labute approximate surface area is 167 Å². The van der Waals surface area contributed by atoms with Crippen LogP contribution in [0.4, 0.5) is 10.1 Å². The number of aromatic nitrogens is 4. The monoisotopic (exact) mass is 389 g/mol. The number of aryl methyl sites for hydroxylation is 2. The summed E-state index contributed by atoms with van der Waals surface area (Å²) in [5, 5.41) is 11.7. The molecule has 1 amide bonds. The number of carbonyl (C=O) groups excluding carboxylic acids is 1. The van der Waals surface area contributed by atoms with Crippen LogP contribution in [-0.2, 0) is 0 Å². The van der Waals surface area contributed by atoms with Crippen LogP contribution in [0.1, 0.15) is 27.4 Å². The zero-order chi connectivity index (χ0) is 20.5. The van der Waals surface area contributed by atoms with E-state index in [2.05, 4.69) is 15.5 Å². The van der Waals surface area contributed by atoms with Crippen LogP contribution in [0, 0.1) is 26.6 Å². The SMILES string of the molecule is Cc1nn(-c2ccc(F)cc2)c(C)c1C(=O)Nc1cccc(-n2nccc2C)c1. The van der Waals surface area contributed by atoms with Gasteiger partial charge in [0.2, 0.25) is 0 Å². The number of benzene rings is 2. The number of carbonyl (C=O) groups is 1. The van der Waals surface area contributed by atoms with Gasteiger partial charge in [-0.1, -0.05) is 6.07 Å². The van der Waals surface area contributed by atoms with Crippen LogP contribution in [0.3, 0.4) is 0 Å². The van der Waals surface area contributed by atoms with Crippen LogP contribution in [0.25, 0.3) is 11.4 Å². The van der Waals surface area contributed by atoms with Crippen LogP contribution in [0.15, 0.2) is 60.8 Å². The highest BCUT2D eigenvalue weighted by Crippen LogP contribution is 2.21. The highest BCUT2D eigenvalue weighted by molar-refractivity contribution is 6.06. The van der Waals surface area contributed by atoms with Crippen molar-refractivity contribution in [2.24, 2.45) is 0 Å². The first-order valence-corrected chi connectivity index (χ1v) is 9.18. The van der Waals surface area contributed by atoms with Crippen molar-refractivity contribution in [3.05, 3.63) is 89.3 Å². The van der Waals surface area contributed by atoms with E-state index in [9.17, 15) is 9.18 Å². The Morgan fingerprint density at radius 1 is 0.966 bits per heavy atom. The number of anilines is 1. The molecule has 1 N–H and O–H groups in total. The Kier molecular flexibility index (Phi) is 4.72. The van der Waals surface area contributed by atoms with E-state index in [1.807, 2.05) is 44.2 Å². The quantitative estimate of drug-likeness (QED) is 0.564. The van der Waals surface area contributed by atoms with Gasteiger partial charge in [-0.15, -0.1) is 0 Å². The Morgan fingerprint density at radius 3 is 2.41 bits per heavy atom. The number of halogens is 1. The van der Waals surface area contributed by atoms with Crippen molar-refractivity contribution in [3.8, 4) is 11.4 Å². The minimum Gasteiger partial charge on any atom is -0.322 e. The summed E-state index contributed by atoms with van der Waals surface area (Å²) in [5.41, 5.74) is 5.00. The molecule has 7 heteroatoms. The molecular weight excluding hydrogens is 369 g/mol. The van der Waals surface area contributed by atoms with Crippen molar-refractivity contribution in [1.29, 1.82) is 0 Å². The minimum absolute atomic E-state index is 0.248. The maximum Gasteiger partial charge on any atom is 0.259 e. The molecule has 0 saturated carbocycles. The number of nitrogens with zero attached hydrogens (tertiary/aromatic N) is 4. The van der Waals surface area contributed by atoms with Crippen molar-refractivity contribution in [2.75, 3.05) is 5.32 Å². The molecule has 0 aliphatic heterocycles. The smallest absolute Gasteiger partial charge is 0.259 e. The summed E-state index contributed by atoms with van der Waals surface area (Å²) in [6.07, 6.45) is 1.73. The molecule has 0 aliphatic rings. The Balaban J connectivity index is 1.63. The molecule has 4 rings (SSSR count). The van der Waals surface area contributed by atoms with Crippen LogP contribution < -0.4 is 5.32 Å². The molecule has 0 unspecified atom stereocenters. The van der Waals surface area contributed by atoms with Gasteiger partial charge in [-0.05, 0) is 69.3 Å². The lowest BCUT2D eigenvalue weighted by atomic mass is 10.1. The van der Waals surface area contributed by atoms with E-state index in [-0.39, 0.29) is 11.7 Å². The molecule has 0 fully saturated rings. The number of hydrogen-bond donors (Lipinski definition) is 1. The lowest BCUT2D eigenvalue weighted by Gasteiger charge is -2.09. The summed E-state index contributed by atoms with van der Waals surface area (Å²) in [6, 6.07) is 15.4. The first-order valence-electron chi connectivity index (χ1n) is 9.18. The van der Waals surface area contributed by atoms with Gasteiger partial charge in [0.25, 0.3) is 5.91 Å². The lowest BCUT2D eigenvalue weighted by molar-refractivity contribution is 0.102. The molecule has 146 valence electrons. The van der Waals surface area contributed by atoms with Gasteiger partial charge in [0.1, 0.15) is 5.82 Å².